The molecule has 1 aromatic rings. The molecule has 1 atom stereocenters. The number of nitrogens with one attached hydrogen (secondary N) is 1. The van der Waals surface area contributed by atoms with E-state index in [0.717, 1.165) is 32.6 Å². The van der Waals surface area contributed by atoms with Crippen molar-refractivity contribution in [2.24, 2.45) is 0 Å². The van der Waals surface area contributed by atoms with Crippen molar-refractivity contribution in [3.63, 3.8) is 0 Å². The van der Waals surface area contributed by atoms with Crippen molar-refractivity contribution in [2.75, 3.05) is 43.8 Å². The van der Waals surface area contributed by atoms with Crippen LogP contribution in [-0.2, 0) is 4.79 Å². The minimum Gasteiger partial charge on any atom is -0.397 e. The third-order valence-corrected chi connectivity index (χ3v) is 4.18. The largest absolute Gasteiger partial charge is 0.397 e. The van der Waals surface area contributed by atoms with Crippen LogP contribution in [0.2, 0.25) is 0 Å². The molecule has 1 aliphatic heterocycles. The molecule has 1 aliphatic rings. The van der Waals surface area contributed by atoms with Crippen LogP contribution in [0.1, 0.15) is 20.3 Å². The molecule has 21 heavy (non-hydrogen) atoms. The standard InChI is InChI=1S/C16H26N4O/c1-3-20(4-2)13-9-10-19(11-13)12-16(21)18-15-8-6-5-7-14(15)17/h5-8,13H,3-4,9-12,17H2,1-2H3,(H,18,21). The third-order valence-electron chi connectivity index (χ3n) is 4.18. The van der Waals surface area contributed by atoms with E-state index >= 15 is 0 Å². The fourth-order valence-electron chi connectivity index (χ4n) is 3.00. The first kappa shape index (κ1) is 15.8. The van der Waals surface area contributed by atoms with E-state index in [4.69, 9.17) is 5.73 Å². The molecule has 1 heterocycles. The van der Waals surface area contributed by atoms with Gasteiger partial charge in [0.05, 0.1) is 17.9 Å². The van der Waals surface area contributed by atoms with Gasteiger partial charge in [0.25, 0.3) is 0 Å². The molecule has 1 fully saturated rings. The van der Waals surface area contributed by atoms with Gasteiger partial charge in [-0.25, -0.2) is 0 Å². The summed E-state index contributed by atoms with van der Waals surface area (Å²) in [5.74, 6) is 0.00750. The highest BCUT2D eigenvalue weighted by Gasteiger charge is 2.27. The van der Waals surface area contributed by atoms with Crippen molar-refractivity contribution in [1.29, 1.82) is 0 Å². The highest BCUT2D eigenvalue weighted by Crippen LogP contribution is 2.18. The Hall–Kier alpha value is -1.59. The Balaban J connectivity index is 1.83. The SMILES string of the molecule is CCN(CC)C1CCN(CC(=O)Nc2ccccc2N)C1. The van der Waals surface area contributed by atoms with E-state index < -0.39 is 0 Å². The number of para-hydroxylation sites is 2. The Morgan fingerprint density at radius 2 is 2.10 bits per heavy atom. The highest BCUT2D eigenvalue weighted by molar-refractivity contribution is 5.95. The van der Waals surface area contributed by atoms with Crippen molar-refractivity contribution in [1.82, 2.24) is 9.80 Å². The van der Waals surface area contributed by atoms with Crippen LogP contribution in [-0.4, -0.2) is 54.5 Å². The number of nitrogen functional groups attached to an aromatic ring is 1. The smallest absolute Gasteiger partial charge is 0.238 e. The van der Waals surface area contributed by atoms with Gasteiger partial charge in [0.2, 0.25) is 5.91 Å². The number of hydrogen-bond acceptors (Lipinski definition) is 4. The zero-order valence-corrected chi connectivity index (χ0v) is 13.0. The topological polar surface area (TPSA) is 61.6 Å². The Morgan fingerprint density at radius 1 is 1.38 bits per heavy atom. The molecule has 1 amide bonds. The summed E-state index contributed by atoms with van der Waals surface area (Å²) in [6.07, 6.45) is 1.14. The van der Waals surface area contributed by atoms with Gasteiger partial charge in [-0.3, -0.25) is 14.6 Å². The molecule has 0 spiro atoms. The van der Waals surface area contributed by atoms with E-state index in [1.165, 1.54) is 0 Å². The lowest BCUT2D eigenvalue weighted by Crippen LogP contribution is -2.39. The number of hydrogen-bond donors (Lipinski definition) is 2. The highest BCUT2D eigenvalue weighted by atomic mass is 16.2. The monoisotopic (exact) mass is 290 g/mol. The van der Waals surface area contributed by atoms with Gasteiger partial charge in [-0.1, -0.05) is 26.0 Å². The minimum absolute atomic E-state index is 0.00750. The van der Waals surface area contributed by atoms with Gasteiger partial charge in [0.1, 0.15) is 0 Å². The summed E-state index contributed by atoms with van der Waals surface area (Å²) < 4.78 is 0. The number of nitrogens with zero attached hydrogens (tertiary/aromatic N) is 2. The summed E-state index contributed by atoms with van der Waals surface area (Å²) >= 11 is 0. The minimum atomic E-state index is 0.00750. The Labute approximate surface area is 127 Å². The average molecular weight is 290 g/mol. The zero-order chi connectivity index (χ0) is 15.2. The molecule has 1 unspecified atom stereocenters. The van der Waals surface area contributed by atoms with Gasteiger partial charge in [0, 0.05) is 19.1 Å². The van der Waals surface area contributed by atoms with Crippen LogP contribution in [0, 0.1) is 0 Å². The molecule has 0 bridgehead atoms. The van der Waals surface area contributed by atoms with E-state index in [2.05, 4.69) is 29.0 Å². The van der Waals surface area contributed by atoms with Crippen LogP contribution < -0.4 is 11.1 Å². The molecule has 0 saturated carbocycles. The molecule has 3 N–H and O–H groups in total. The lowest BCUT2D eigenvalue weighted by Gasteiger charge is -2.26. The maximum atomic E-state index is 12.1. The molecular weight excluding hydrogens is 264 g/mol. The molecule has 2 rings (SSSR count). The van der Waals surface area contributed by atoms with Gasteiger partial charge in [-0.2, -0.15) is 0 Å². The lowest BCUT2D eigenvalue weighted by molar-refractivity contribution is -0.117. The van der Waals surface area contributed by atoms with Crippen LogP contribution in [0.4, 0.5) is 11.4 Å². The van der Waals surface area contributed by atoms with E-state index in [0.29, 0.717) is 24.0 Å². The molecule has 1 aromatic carbocycles. The summed E-state index contributed by atoms with van der Waals surface area (Å²) in [6, 6.07) is 7.94. The normalized spacial score (nSPS) is 19.1. The predicted molar refractivity (Wildman–Crippen MR) is 87.3 cm³/mol. The van der Waals surface area contributed by atoms with E-state index in [-0.39, 0.29) is 5.91 Å². The summed E-state index contributed by atoms with van der Waals surface area (Å²) in [6.45, 7) is 8.92. The average Bonchev–Trinajstić information content (AvgIpc) is 2.91. The second kappa shape index (κ2) is 7.43. The van der Waals surface area contributed by atoms with Crippen LogP contribution in [0.5, 0.6) is 0 Å². The van der Waals surface area contributed by atoms with Crippen LogP contribution >= 0.6 is 0 Å². The van der Waals surface area contributed by atoms with E-state index in [1.807, 2.05) is 18.2 Å². The number of likely N-dealkylation sites (N-methyl/N-ethyl adjacent to an activating group) is 1. The summed E-state index contributed by atoms with van der Waals surface area (Å²) in [5, 5.41) is 2.89. The van der Waals surface area contributed by atoms with Crippen molar-refractivity contribution < 1.29 is 4.79 Å². The first-order valence-electron chi connectivity index (χ1n) is 7.74. The van der Waals surface area contributed by atoms with E-state index in [9.17, 15) is 4.79 Å². The van der Waals surface area contributed by atoms with Gasteiger partial charge in [-0.05, 0) is 31.6 Å². The summed E-state index contributed by atoms with van der Waals surface area (Å²) in [5.41, 5.74) is 7.14. The second-order valence-electron chi connectivity index (χ2n) is 5.53. The molecule has 0 aliphatic carbocycles. The molecule has 5 heteroatoms. The second-order valence-corrected chi connectivity index (χ2v) is 5.53. The Bertz CT molecular complexity index is 473. The number of carbonyl (C=O) groups is 1. The number of benzene rings is 1. The number of carbonyl (C=O) groups excluding carboxylic acids is 1. The van der Waals surface area contributed by atoms with Crippen LogP contribution in [0.25, 0.3) is 0 Å². The summed E-state index contributed by atoms with van der Waals surface area (Å²) in [7, 11) is 0. The molecule has 116 valence electrons. The van der Waals surface area contributed by atoms with Gasteiger partial charge >= 0.3 is 0 Å². The van der Waals surface area contributed by atoms with Gasteiger partial charge in [0.15, 0.2) is 0 Å². The predicted octanol–water partition coefficient (Wildman–Crippen LogP) is 1.62. The van der Waals surface area contributed by atoms with Crippen molar-refractivity contribution in [3.8, 4) is 0 Å². The zero-order valence-electron chi connectivity index (χ0n) is 13.0. The number of rotatable bonds is 6. The molecule has 0 aromatic heterocycles. The number of likely N-dealkylation sites (tertiary alicyclic amines) is 1. The quantitative estimate of drug-likeness (QED) is 0.782. The van der Waals surface area contributed by atoms with Gasteiger partial charge < -0.3 is 11.1 Å². The number of nitrogens with two attached hydrogens (primary N) is 1. The van der Waals surface area contributed by atoms with E-state index in [1.54, 1.807) is 6.07 Å². The summed E-state index contributed by atoms with van der Waals surface area (Å²) in [4.78, 5) is 16.8. The first-order valence-corrected chi connectivity index (χ1v) is 7.74. The maximum Gasteiger partial charge on any atom is 0.238 e. The first-order chi connectivity index (χ1) is 10.1. The molecule has 1 saturated heterocycles. The maximum absolute atomic E-state index is 12.1. The Morgan fingerprint density at radius 3 is 2.76 bits per heavy atom. The fraction of sp³-hybridized carbons (Fsp3) is 0.562. The molecule has 5 nitrogen and oxygen atoms in total. The van der Waals surface area contributed by atoms with Gasteiger partial charge in [-0.15, -0.1) is 0 Å². The van der Waals surface area contributed by atoms with Crippen LogP contribution in [0.3, 0.4) is 0 Å². The molecular formula is C16H26N4O. The Kier molecular flexibility index (Phi) is 5.59. The third kappa shape index (κ3) is 4.19. The number of amides is 1. The van der Waals surface area contributed by atoms with Crippen LogP contribution in [0.15, 0.2) is 24.3 Å². The fourth-order valence-corrected chi connectivity index (χ4v) is 3.00. The van der Waals surface area contributed by atoms with Crippen molar-refractivity contribution in [2.45, 2.75) is 26.3 Å². The number of anilines is 2. The van der Waals surface area contributed by atoms with Crippen molar-refractivity contribution >= 4 is 17.3 Å². The van der Waals surface area contributed by atoms with Crippen molar-refractivity contribution in [3.05, 3.63) is 24.3 Å². The molecule has 0 radical (unpaired) electrons. The lowest BCUT2D eigenvalue weighted by atomic mass is 10.2.